The van der Waals surface area contributed by atoms with Gasteiger partial charge in [0.25, 0.3) is 10.0 Å². The van der Waals surface area contributed by atoms with Crippen molar-refractivity contribution in [2.75, 3.05) is 56.1 Å². The first kappa shape index (κ1) is 28.7. The number of piperazine rings is 1. The lowest BCUT2D eigenvalue weighted by atomic mass is 10.0. The number of methoxy groups -OCH3 is 2. The zero-order chi connectivity index (χ0) is 29.4. The number of nitrogens with zero attached hydrogens (tertiary/aromatic N) is 4. The zero-order valence-electron chi connectivity index (χ0n) is 22.5. The Morgan fingerprint density at radius 3 is 2.56 bits per heavy atom. The lowest BCUT2D eigenvalue weighted by molar-refractivity contribution is -0.141. The van der Waals surface area contributed by atoms with E-state index in [4.69, 9.17) is 9.47 Å². The Balaban J connectivity index is 1.58. The van der Waals surface area contributed by atoms with Crippen LogP contribution in [-0.2, 0) is 25.7 Å². The fourth-order valence-electron chi connectivity index (χ4n) is 5.27. The number of carbonyl (C=O) groups excluding carboxylic acids is 1. The number of benzene rings is 2. The van der Waals surface area contributed by atoms with Gasteiger partial charge in [-0.05, 0) is 30.3 Å². The zero-order valence-corrected chi connectivity index (χ0v) is 23.3. The van der Waals surface area contributed by atoms with Crippen LogP contribution in [0.3, 0.4) is 0 Å². The van der Waals surface area contributed by atoms with Crippen LogP contribution in [-0.4, -0.2) is 77.3 Å². The Kier molecular flexibility index (Phi) is 7.84. The molecule has 0 saturated carbocycles. The molecule has 3 aromatic rings. The molecule has 41 heavy (non-hydrogen) atoms. The maximum Gasteiger partial charge on any atom is 0.416 e. The van der Waals surface area contributed by atoms with Crippen LogP contribution in [0.4, 0.5) is 24.7 Å². The molecule has 0 amide bonds. The summed E-state index contributed by atoms with van der Waals surface area (Å²) in [5.74, 6) is 0.637. The highest BCUT2D eigenvalue weighted by molar-refractivity contribution is 7.92. The summed E-state index contributed by atoms with van der Waals surface area (Å²) >= 11 is 0. The first-order chi connectivity index (χ1) is 19.5. The summed E-state index contributed by atoms with van der Waals surface area (Å²) in [6, 6.07) is 12.3. The number of hydrogen-bond acceptors (Lipinski definition) is 8. The number of para-hydroxylation sites is 1. The quantitative estimate of drug-likeness (QED) is 0.381. The number of halogens is 3. The smallest absolute Gasteiger partial charge is 0.416 e. The van der Waals surface area contributed by atoms with Crippen LogP contribution in [0.5, 0.6) is 5.75 Å². The fraction of sp³-hybridized carbons (Fsp3) is 0.357. The van der Waals surface area contributed by atoms with Crippen LogP contribution in [0.2, 0.25) is 0 Å². The van der Waals surface area contributed by atoms with Gasteiger partial charge in [0.2, 0.25) is 0 Å². The molecule has 2 aliphatic heterocycles. The topological polar surface area (TPSA) is 92.3 Å². The normalized spacial score (nSPS) is 17.5. The van der Waals surface area contributed by atoms with Gasteiger partial charge in [-0.3, -0.25) is 14.0 Å². The van der Waals surface area contributed by atoms with E-state index in [-0.39, 0.29) is 30.7 Å². The highest BCUT2D eigenvalue weighted by Gasteiger charge is 2.41. The van der Waals surface area contributed by atoms with Crippen molar-refractivity contribution in [3.8, 4) is 16.9 Å². The van der Waals surface area contributed by atoms with E-state index in [9.17, 15) is 26.4 Å². The van der Waals surface area contributed by atoms with Gasteiger partial charge in [-0.15, -0.1) is 0 Å². The molecule has 0 N–H and O–H groups in total. The highest BCUT2D eigenvalue weighted by atomic mass is 32.2. The minimum Gasteiger partial charge on any atom is -0.496 e. The number of ether oxygens (including phenoxy) is 2. The molecule has 1 fully saturated rings. The number of alkyl halides is 3. The molecular formula is C28H29F3N4O5S. The lowest BCUT2D eigenvalue weighted by Crippen LogP contribution is -2.61. The summed E-state index contributed by atoms with van der Waals surface area (Å²) in [7, 11) is -1.58. The number of hydrogen-bond donors (Lipinski definition) is 0. The monoisotopic (exact) mass is 590 g/mol. The van der Waals surface area contributed by atoms with Crippen LogP contribution >= 0.6 is 0 Å². The molecule has 0 aliphatic carbocycles. The Hall–Kier alpha value is -3.84. The third-order valence-electron chi connectivity index (χ3n) is 7.36. The van der Waals surface area contributed by atoms with Crippen molar-refractivity contribution in [2.45, 2.75) is 23.5 Å². The van der Waals surface area contributed by atoms with E-state index in [1.807, 2.05) is 28.0 Å². The minimum absolute atomic E-state index is 0.0165. The van der Waals surface area contributed by atoms with Crippen molar-refractivity contribution in [1.82, 2.24) is 9.88 Å². The van der Waals surface area contributed by atoms with Gasteiger partial charge in [-0.25, -0.2) is 13.4 Å². The van der Waals surface area contributed by atoms with E-state index in [0.717, 1.165) is 22.5 Å². The first-order valence-corrected chi connectivity index (χ1v) is 14.4. The molecule has 0 spiro atoms. The summed E-state index contributed by atoms with van der Waals surface area (Å²) in [6.07, 6.45) is -2.88. The number of anilines is 2. The van der Waals surface area contributed by atoms with Crippen LogP contribution in [0.25, 0.3) is 11.1 Å². The molecule has 5 rings (SSSR count). The summed E-state index contributed by atoms with van der Waals surface area (Å²) in [5, 5.41) is 0. The number of pyridine rings is 1. The summed E-state index contributed by atoms with van der Waals surface area (Å²) in [4.78, 5) is 20.0. The van der Waals surface area contributed by atoms with Gasteiger partial charge in [0, 0.05) is 43.5 Å². The second kappa shape index (κ2) is 11.2. The maximum atomic E-state index is 14.0. The average Bonchev–Trinajstić information content (AvgIpc) is 2.98. The molecule has 0 unspecified atom stereocenters. The average molecular weight is 591 g/mol. The van der Waals surface area contributed by atoms with Gasteiger partial charge in [-0.2, -0.15) is 13.2 Å². The molecule has 13 heteroatoms. The Bertz CT molecular complexity index is 1550. The number of carbonyl (C=O) groups is 1. The summed E-state index contributed by atoms with van der Waals surface area (Å²) in [5.41, 5.74) is 0.507. The van der Waals surface area contributed by atoms with Gasteiger partial charge in [0.05, 0.1) is 49.4 Å². The molecule has 0 radical (unpaired) electrons. The second-order valence-electron chi connectivity index (χ2n) is 9.80. The standard InChI is InChI=1S/C28H29F3N4O5S/c1-39-25-9-4-3-8-23(25)19-14-24-27(32-16-19)34-13-12-33(11-10-26(36)40-2)17-21(34)18-35(24)41(37,38)22-7-5-6-20(15-22)28(29,30)31/h3-9,14-16,21H,10-13,17-18H2,1-2H3/t21-/m0/s1. The molecule has 1 saturated heterocycles. The molecule has 1 atom stereocenters. The number of sulfonamides is 1. The Morgan fingerprint density at radius 2 is 1.83 bits per heavy atom. The molecule has 9 nitrogen and oxygen atoms in total. The van der Waals surface area contributed by atoms with E-state index in [1.54, 1.807) is 18.3 Å². The first-order valence-electron chi connectivity index (χ1n) is 12.9. The van der Waals surface area contributed by atoms with Crippen molar-refractivity contribution >= 4 is 27.5 Å². The van der Waals surface area contributed by atoms with Gasteiger partial charge in [0.15, 0.2) is 5.82 Å². The SMILES string of the molecule is COC(=O)CCN1CCN2c3ncc(-c4ccccc4OC)cc3N(S(=O)(=O)c3cccc(C(F)(F)F)c3)C[C@@H]2C1. The Morgan fingerprint density at radius 1 is 1.05 bits per heavy atom. The molecule has 218 valence electrons. The molecular weight excluding hydrogens is 561 g/mol. The minimum atomic E-state index is -4.70. The van der Waals surface area contributed by atoms with Crippen molar-refractivity contribution in [2.24, 2.45) is 0 Å². The van der Waals surface area contributed by atoms with E-state index < -0.39 is 26.7 Å². The summed E-state index contributed by atoms with van der Waals surface area (Å²) in [6.45, 7) is 1.99. The predicted octanol–water partition coefficient (Wildman–Crippen LogP) is 4.04. The van der Waals surface area contributed by atoms with Crippen molar-refractivity contribution in [3.05, 3.63) is 66.4 Å². The fourth-order valence-corrected chi connectivity index (χ4v) is 6.81. The van der Waals surface area contributed by atoms with E-state index >= 15 is 0 Å². The van der Waals surface area contributed by atoms with E-state index in [1.165, 1.54) is 14.2 Å². The van der Waals surface area contributed by atoms with E-state index in [0.29, 0.717) is 54.9 Å². The van der Waals surface area contributed by atoms with Gasteiger partial charge >= 0.3 is 12.1 Å². The van der Waals surface area contributed by atoms with E-state index in [2.05, 4.69) is 4.98 Å². The van der Waals surface area contributed by atoms with Gasteiger partial charge < -0.3 is 14.4 Å². The predicted molar refractivity (Wildman–Crippen MR) is 146 cm³/mol. The largest absolute Gasteiger partial charge is 0.496 e. The van der Waals surface area contributed by atoms with Crippen LogP contribution in [0.15, 0.2) is 65.7 Å². The van der Waals surface area contributed by atoms with Crippen LogP contribution in [0, 0.1) is 0 Å². The molecule has 2 aliphatic rings. The molecule has 2 aromatic carbocycles. The van der Waals surface area contributed by atoms with Crippen molar-refractivity contribution in [3.63, 3.8) is 0 Å². The van der Waals surface area contributed by atoms with Crippen molar-refractivity contribution < 1.29 is 35.9 Å². The molecule has 1 aromatic heterocycles. The lowest BCUT2D eigenvalue weighted by Gasteiger charge is -2.48. The third kappa shape index (κ3) is 5.68. The molecule has 3 heterocycles. The van der Waals surface area contributed by atoms with Crippen molar-refractivity contribution in [1.29, 1.82) is 0 Å². The maximum absolute atomic E-state index is 14.0. The highest BCUT2D eigenvalue weighted by Crippen LogP contribution is 2.42. The molecule has 0 bridgehead atoms. The van der Waals surface area contributed by atoms with Crippen LogP contribution < -0.4 is 13.9 Å². The number of esters is 1. The third-order valence-corrected chi connectivity index (χ3v) is 9.13. The number of fused-ring (bicyclic) bond motifs is 3. The van der Waals surface area contributed by atoms with Gasteiger partial charge in [0.1, 0.15) is 5.75 Å². The van der Waals surface area contributed by atoms with Crippen LogP contribution in [0.1, 0.15) is 12.0 Å². The Labute approximate surface area is 236 Å². The summed E-state index contributed by atoms with van der Waals surface area (Å²) < 4.78 is 79.9. The van der Waals surface area contributed by atoms with Gasteiger partial charge in [-0.1, -0.05) is 24.3 Å². The second-order valence-corrected chi connectivity index (χ2v) is 11.7. The number of aromatic nitrogens is 1. The number of rotatable bonds is 7.